The normalized spacial score (nSPS) is 19.3. The Balaban J connectivity index is 1.73. The molecule has 26 heavy (non-hydrogen) atoms. The van der Waals surface area contributed by atoms with E-state index < -0.39 is 17.4 Å². The average Bonchev–Trinajstić information content (AvgIpc) is 3.03. The number of carbonyl (C=O) groups is 2. The highest BCUT2D eigenvalue weighted by atomic mass is 16.4. The Bertz CT molecular complexity index is 878. The monoisotopic (exact) mass is 355 g/mol. The number of carboxylic acid groups (broad SMARTS) is 1. The van der Waals surface area contributed by atoms with Crippen LogP contribution in [0.1, 0.15) is 18.9 Å². The first kappa shape index (κ1) is 17.7. The summed E-state index contributed by atoms with van der Waals surface area (Å²) >= 11 is 0. The van der Waals surface area contributed by atoms with Gasteiger partial charge in [0.05, 0.1) is 12.0 Å². The van der Waals surface area contributed by atoms with Crippen LogP contribution in [0, 0.1) is 5.41 Å². The summed E-state index contributed by atoms with van der Waals surface area (Å²) in [6.07, 6.45) is 2.06. The van der Waals surface area contributed by atoms with Crippen LogP contribution < -0.4 is 10.9 Å². The predicted molar refractivity (Wildman–Crippen MR) is 97.2 cm³/mol. The molecule has 1 unspecified atom stereocenters. The molecule has 1 aliphatic heterocycles. The van der Waals surface area contributed by atoms with Crippen LogP contribution in [0.15, 0.2) is 53.5 Å². The summed E-state index contributed by atoms with van der Waals surface area (Å²) in [6, 6.07) is 12.4. The smallest absolute Gasteiger partial charge is 0.322 e. The van der Waals surface area contributed by atoms with Gasteiger partial charge in [0.2, 0.25) is 0 Å². The summed E-state index contributed by atoms with van der Waals surface area (Å²) in [7, 11) is 0. The van der Waals surface area contributed by atoms with Crippen molar-refractivity contribution < 1.29 is 14.7 Å². The Morgan fingerprint density at radius 1 is 1.19 bits per heavy atom. The molecule has 0 radical (unpaired) electrons. The van der Waals surface area contributed by atoms with Gasteiger partial charge in [0.1, 0.15) is 5.69 Å². The van der Waals surface area contributed by atoms with Crippen molar-refractivity contribution in [3.05, 3.63) is 64.6 Å². The number of nitrogens with zero attached hydrogens (tertiary/aromatic N) is 2. The number of rotatable bonds is 4. The van der Waals surface area contributed by atoms with Gasteiger partial charge < -0.3 is 19.9 Å². The maximum atomic E-state index is 12.6. The van der Waals surface area contributed by atoms with E-state index in [0.29, 0.717) is 19.5 Å². The zero-order chi connectivity index (χ0) is 18.7. The van der Waals surface area contributed by atoms with Crippen LogP contribution in [0.5, 0.6) is 0 Å². The largest absolute Gasteiger partial charge is 0.481 e. The third kappa shape index (κ3) is 3.61. The van der Waals surface area contributed by atoms with Crippen molar-refractivity contribution in [2.24, 2.45) is 5.41 Å². The van der Waals surface area contributed by atoms with E-state index in [4.69, 9.17) is 0 Å². The minimum atomic E-state index is -0.943. The molecule has 1 saturated heterocycles. The number of urea groups is 1. The number of pyridine rings is 1. The van der Waals surface area contributed by atoms with Crippen molar-refractivity contribution in [1.29, 1.82) is 0 Å². The van der Waals surface area contributed by atoms with E-state index in [1.165, 1.54) is 9.47 Å². The van der Waals surface area contributed by atoms with E-state index in [2.05, 4.69) is 5.32 Å². The number of nitrogens with one attached hydrogen (secondary N) is 1. The fourth-order valence-electron chi connectivity index (χ4n) is 3.04. The standard InChI is InChI=1S/C19H21N3O4/c1-19(17(24)25)9-11-22(13-19)18(26)20-15-8-5-10-21(16(15)23)12-14-6-3-2-4-7-14/h2-8,10H,9,11-13H2,1H3,(H,20,26)(H,24,25). The summed E-state index contributed by atoms with van der Waals surface area (Å²) in [4.78, 5) is 37.8. The molecule has 1 atom stereocenters. The predicted octanol–water partition coefficient (Wildman–Crippen LogP) is 2.23. The summed E-state index contributed by atoms with van der Waals surface area (Å²) in [6.45, 7) is 2.50. The zero-order valence-corrected chi connectivity index (χ0v) is 14.5. The van der Waals surface area contributed by atoms with Gasteiger partial charge in [-0.15, -0.1) is 0 Å². The number of likely N-dealkylation sites (tertiary alicyclic amines) is 1. The number of hydrogen-bond acceptors (Lipinski definition) is 3. The molecule has 7 heteroatoms. The molecule has 2 N–H and O–H groups in total. The Hall–Kier alpha value is -3.09. The second kappa shape index (κ2) is 7.03. The van der Waals surface area contributed by atoms with Crippen LogP contribution in [0.4, 0.5) is 10.5 Å². The van der Waals surface area contributed by atoms with Crippen molar-refractivity contribution in [2.45, 2.75) is 19.9 Å². The number of anilines is 1. The van der Waals surface area contributed by atoms with E-state index in [0.717, 1.165) is 5.56 Å². The van der Waals surface area contributed by atoms with Crippen molar-refractivity contribution >= 4 is 17.7 Å². The van der Waals surface area contributed by atoms with Gasteiger partial charge in [0, 0.05) is 19.3 Å². The summed E-state index contributed by atoms with van der Waals surface area (Å²) in [5, 5.41) is 11.9. The van der Waals surface area contributed by atoms with E-state index in [9.17, 15) is 19.5 Å². The number of benzene rings is 1. The molecular weight excluding hydrogens is 334 g/mol. The van der Waals surface area contributed by atoms with Gasteiger partial charge in [0.15, 0.2) is 0 Å². The lowest BCUT2D eigenvalue weighted by Gasteiger charge is -2.20. The molecule has 1 aromatic carbocycles. The molecule has 0 bridgehead atoms. The second-order valence-corrected chi connectivity index (χ2v) is 6.81. The lowest BCUT2D eigenvalue weighted by Crippen LogP contribution is -2.38. The molecule has 2 heterocycles. The fourth-order valence-corrected chi connectivity index (χ4v) is 3.04. The maximum absolute atomic E-state index is 12.6. The topological polar surface area (TPSA) is 91.6 Å². The average molecular weight is 355 g/mol. The van der Waals surface area contributed by atoms with E-state index in [1.807, 2.05) is 30.3 Å². The number of aliphatic carboxylic acids is 1. The van der Waals surface area contributed by atoms with Crippen LogP contribution in [-0.4, -0.2) is 39.7 Å². The lowest BCUT2D eigenvalue weighted by atomic mass is 9.90. The number of carbonyl (C=O) groups excluding carboxylic acids is 1. The Morgan fingerprint density at radius 3 is 2.58 bits per heavy atom. The first-order chi connectivity index (χ1) is 12.4. The lowest BCUT2D eigenvalue weighted by molar-refractivity contribution is -0.146. The van der Waals surface area contributed by atoms with Crippen molar-refractivity contribution in [3.8, 4) is 0 Å². The van der Waals surface area contributed by atoms with Crippen LogP contribution in [0.25, 0.3) is 0 Å². The van der Waals surface area contributed by atoms with Crippen molar-refractivity contribution in [2.75, 3.05) is 18.4 Å². The van der Waals surface area contributed by atoms with Gasteiger partial charge in [-0.2, -0.15) is 0 Å². The summed E-state index contributed by atoms with van der Waals surface area (Å²) < 4.78 is 1.52. The summed E-state index contributed by atoms with van der Waals surface area (Å²) in [5.41, 5.74) is -0.0845. The van der Waals surface area contributed by atoms with Gasteiger partial charge in [-0.1, -0.05) is 30.3 Å². The van der Waals surface area contributed by atoms with E-state index >= 15 is 0 Å². The van der Waals surface area contributed by atoms with Crippen LogP contribution in [0.2, 0.25) is 0 Å². The van der Waals surface area contributed by atoms with Crippen LogP contribution >= 0.6 is 0 Å². The van der Waals surface area contributed by atoms with Crippen molar-refractivity contribution in [1.82, 2.24) is 9.47 Å². The molecule has 0 aliphatic carbocycles. The molecule has 136 valence electrons. The zero-order valence-electron chi connectivity index (χ0n) is 14.5. The molecule has 2 amide bonds. The fraction of sp³-hybridized carbons (Fsp3) is 0.316. The van der Waals surface area contributed by atoms with Crippen LogP contribution in [0.3, 0.4) is 0 Å². The molecule has 1 aliphatic rings. The Morgan fingerprint density at radius 2 is 1.92 bits per heavy atom. The number of carboxylic acids is 1. The third-order valence-corrected chi connectivity index (χ3v) is 4.73. The second-order valence-electron chi connectivity index (χ2n) is 6.81. The van der Waals surface area contributed by atoms with E-state index in [1.54, 1.807) is 25.3 Å². The van der Waals surface area contributed by atoms with Gasteiger partial charge in [-0.25, -0.2) is 4.79 Å². The SMILES string of the molecule is CC1(C(=O)O)CCN(C(=O)Nc2cccn(Cc3ccccc3)c2=O)C1. The number of aromatic nitrogens is 1. The molecule has 2 aromatic rings. The van der Waals surface area contributed by atoms with Gasteiger partial charge in [0.25, 0.3) is 5.56 Å². The maximum Gasteiger partial charge on any atom is 0.322 e. The quantitative estimate of drug-likeness (QED) is 0.880. The first-order valence-electron chi connectivity index (χ1n) is 8.42. The molecule has 1 fully saturated rings. The molecule has 0 saturated carbocycles. The van der Waals surface area contributed by atoms with Crippen molar-refractivity contribution in [3.63, 3.8) is 0 Å². The molecule has 0 spiro atoms. The van der Waals surface area contributed by atoms with E-state index in [-0.39, 0.29) is 17.8 Å². The molecule has 1 aromatic heterocycles. The highest BCUT2D eigenvalue weighted by Crippen LogP contribution is 2.30. The number of amides is 2. The highest BCUT2D eigenvalue weighted by molar-refractivity contribution is 5.90. The van der Waals surface area contributed by atoms with Gasteiger partial charge >= 0.3 is 12.0 Å². The molecule has 7 nitrogen and oxygen atoms in total. The molecular formula is C19H21N3O4. The minimum absolute atomic E-state index is 0.124. The third-order valence-electron chi connectivity index (χ3n) is 4.73. The van der Waals surface area contributed by atoms with Crippen LogP contribution in [-0.2, 0) is 11.3 Å². The van der Waals surface area contributed by atoms with Gasteiger partial charge in [-0.3, -0.25) is 9.59 Å². The number of hydrogen-bond donors (Lipinski definition) is 2. The minimum Gasteiger partial charge on any atom is -0.481 e. The van der Waals surface area contributed by atoms with Gasteiger partial charge in [-0.05, 0) is 31.0 Å². The summed E-state index contributed by atoms with van der Waals surface area (Å²) in [5.74, 6) is -0.919. The molecule has 3 rings (SSSR count). The highest BCUT2D eigenvalue weighted by Gasteiger charge is 2.42. The Kier molecular flexibility index (Phi) is 4.79. The first-order valence-corrected chi connectivity index (χ1v) is 8.42. The Labute approximate surface area is 150 Å².